The van der Waals surface area contributed by atoms with Gasteiger partial charge in [-0.15, -0.1) is 0 Å². The fourth-order valence-electron chi connectivity index (χ4n) is 2.50. The third-order valence-electron chi connectivity index (χ3n) is 4.16. The van der Waals surface area contributed by atoms with Crippen LogP contribution in [0.15, 0.2) is 6.07 Å². The number of rotatable bonds is 4. The van der Waals surface area contributed by atoms with E-state index in [2.05, 4.69) is 31.7 Å². The molecule has 3 nitrogen and oxygen atoms in total. The highest BCUT2D eigenvalue weighted by molar-refractivity contribution is 5.20. The Morgan fingerprint density at radius 3 is 2.32 bits per heavy atom. The van der Waals surface area contributed by atoms with Crippen LogP contribution in [0.3, 0.4) is 0 Å². The first-order valence-corrected chi connectivity index (χ1v) is 7.31. The van der Waals surface area contributed by atoms with Gasteiger partial charge in [-0.2, -0.15) is 0 Å². The topological polar surface area (TPSA) is 29.0 Å². The molecule has 1 saturated carbocycles. The lowest BCUT2D eigenvalue weighted by atomic mass is 10.0. The van der Waals surface area contributed by atoms with Crippen LogP contribution in [0.2, 0.25) is 0 Å². The summed E-state index contributed by atoms with van der Waals surface area (Å²) in [6.07, 6.45) is 1.77. The van der Waals surface area contributed by atoms with Crippen molar-refractivity contribution >= 4 is 0 Å². The predicted octanol–water partition coefficient (Wildman–Crippen LogP) is 3.19. The molecular weight excluding hydrogens is 241 g/mol. The largest absolute Gasteiger partial charge is 0.289 e. The lowest BCUT2D eigenvalue weighted by Crippen LogP contribution is -2.49. The molecule has 1 aromatic rings. The van der Waals surface area contributed by atoms with Crippen LogP contribution in [0.5, 0.6) is 0 Å². The number of hydrogen-bond donors (Lipinski definition) is 0. The summed E-state index contributed by atoms with van der Waals surface area (Å²) in [7, 11) is 0. The zero-order valence-corrected chi connectivity index (χ0v) is 11.9. The zero-order chi connectivity index (χ0) is 13.6. The van der Waals surface area contributed by atoms with Gasteiger partial charge in [-0.3, -0.25) is 4.90 Å². The lowest BCUT2D eigenvalue weighted by Gasteiger charge is -2.39. The Morgan fingerprint density at radius 1 is 1.16 bits per heavy atom. The van der Waals surface area contributed by atoms with Gasteiger partial charge in [0.1, 0.15) is 12.0 Å². The van der Waals surface area contributed by atoms with Gasteiger partial charge in [-0.1, -0.05) is 13.8 Å². The van der Waals surface area contributed by atoms with Crippen molar-refractivity contribution in [2.75, 3.05) is 13.1 Å². The Balaban J connectivity index is 1.86. The molecule has 19 heavy (non-hydrogen) atoms. The summed E-state index contributed by atoms with van der Waals surface area (Å²) in [4.78, 5) is 11.6. The molecule has 3 rings (SSSR count). The van der Waals surface area contributed by atoms with Gasteiger partial charge < -0.3 is 0 Å². The first-order chi connectivity index (χ1) is 9.04. The van der Waals surface area contributed by atoms with E-state index in [9.17, 15) is 4.39 Å². The molecule has 2 aliphatic rings. The number of nitrogens with zero attached hydrogens (tertiary/aromatic N) is 3. The molecule has 1 atom stereocenters. The van der Waals surface area contributed by atoms with Crippen molar-refractivity contribution in [1.29, 1.82) is 0 Å². The van der Waals surface area contributed by atoms with Gasteiger partial charge in [0.05, 0.1) is 5.69 Å². The lowest BCUT2D eigenvalue weighted by molar-refractivity contribution is 0.0315. The minimum atomic E-state index is -0.656. The second-order valence-corrected chi connectivity index (χ2v) is 6.23. The van der Waals surface area contributed by atoms with E-state index in [4.69, 9.17) is 9.97 Å². The van der Waals surface area contributed by atoms with E-state index >= 15 is 0 Å². The van der Waals surface area contributed by atoms with E-state index in [1.807, 2.05) is 0 Å². The van der Waals surface area contributed by atoms with Gasteiger partial charge in [-0.25, -0.2) is 14.4 Å². The molecule has 1 unspecified atom stereocenters. The summed E-state index contributed by atoms with van der Waals surface area (Å²) in [5, 5.41) is 0. The first-order valence-electron chi connectivity index (χ1n) is 7.31. The summed E-state index contributed by atoms with van der Waals surface area (Å²) in [6, 6.07) is 2.30. The van der Waals surface area contributed by atoms with E-state index in [-0.39, 0.29) is 6.04 Å². The van der Waals surface area contributed by atoms with Crippen LogP contribution >= 0.6 is 0 Å². The molecule has 0 N–H and O–H groups in total. The van der Waals surface area contributed by atoms with Crippen LogP contribution in [0.4, 0.5) is 4.39 Å². The predicted molar refractivity (Wildman–Crippen MR) is 73.0 cm³/mol. The number of alkyl halides is 1. The Morgan fingerprint density at radius 2 is 1.79 bits per heavy atom. The number of likely N-dealkylation sites (tertiary alicyclic amines) is 1. The second kappa shape index (κ2) is 4.82. The van der Waals surface area contributed by atoms with Gasteiger partial charge in [0.2, 0.25) is 0 Å². The highest BCUT2D eigenvalue weighted by atomic mass is 19.1. The van der Waals surface area contributed by atoms with Gasteiger partial charge in [-0.05, 0) is 31.7 Å². The van der Waals surface area contributed by atoms with Gasteiger partial charge in [0.15, 0.2) is 0 Å². The van der Waals surface area contributed by atoms with Crippen LogP contribution < -0.4 is 0 Å². The van der Waals surface area contributed by atoms with Crippen LogP contribution in [-0.2, 0) is 0 Å². The van der Waals surface area contributed by atoms with E-state index in [0.29, 0.717) is 24.9 Å². The molecule has 4 heteroatoms. The van der Waals surface area contributed by atoms with Crippen LogP contribution in [0.1, 0.15) is 68.7 Å². The maximum Gasteiger partial charge on any atom is 0.132 e. The summed E-state index contributed by atoms with van der Waals surface area (Å²) in [5.41, 5.74) is 2.18. The highest BCUT2D eigenvalue weighted by Crippen LogP contribution is 2.39. The standard InChI is InChI=1S/C15H22FN3/c1-9(2)13-6-14(10(3)19-7-12(16)8-19)18-15(17-13)11-4-5-11/h6,9-12H,4-5,7-8H2,1-3H3. The smallest absolute Gasteiger partial charge is 0.132 e. The monoisotopic (exact) mass is 263 g/mol. The number of hydrogen-bond acceptors (Lipinski definition) is 3. The fraction of sp³-hybridized carbons (Fsp3) is 0.733. The Bertz CT molecular complexity index is 444. The Kier molecular flexibility index (Phi) is 3.29. The third kappa shape index (κ3) is 2.64. The van der Waals surface area contributed by atoms with E-state index in [1.165, 1.54) is 12.8 Å². The molecule has 2 heterocycles. The van der Waals surface area contributed by atoms with Crippen molar-refractivity contribution in [1.82, 2.24) is 14.9 Å². The maximum absolute atomic E-state index is 13.0. The number of aromatic nitrogens is 2. The van der Waals surface area contributed by atoms with Gasteiger partial charge in [0.25, 0.3) is 0 Å². The Labute approximate surface area is 114 Å². The Hall–Kier alpha value is -1.03. The quantitative estimate of drug-likeness (QED) is 0.835. The fourth-order valence-corrected chi connectivity index (χ4v) is 2.50. The normalized spacial score (nSPS) is 22.6. The van der Waals surface area contributed by atoms with E-state index < -0.39 is 6.17 Å². The van der Waals surface area contributed by atoms with Crippen molar-refractivity contribution in [3.8, 4) is 0 Å². The molecule has 0 spiro atoms. The molecule has 1 aliphatic carbocycles. The van der Waals surface area contributed by atoms with Gasteiger partial charge >= 0.3 is 0 Å². The third-order valence-corrected chi connectivity index (χ3v) is 4.16. The van der Waals surface area contributed by atoms with Crippen LogP contribution in [-0.4, -0.2) is 34.1 Å². The molecule has 1 saturated heterocycles. The summed E-state index contributed by atoms with van der Waals surface area (Å²) in [6.45, 7) is 7.53. The molecule has 0 bridgehead atoms. The number of halogens is 1. The minimum absolute atomic E-state index is 0.199. The highest BCUT2D eigenvalue weighted by Gasteiger charge is 2.33. The average molecular weight is 263 g/mol. The van der Waals surface area contributed by atoms with Crippen molar-refractivity contribution in [2.24, 2.45) is 0 Å². The van der Waals surface area contributed by atoms with E-state index in [0.717, 1.165) is 17.2 Å². The minimum Gasteiger partial charge on any atom is -0.289 e. The second-order valence-electron chi connectivity index (χ2n) is 6.23. The first kappa shape index (κ1) is 13.0. The average Bonchev–Trinajstić information content (AvgIpc) is 3.17. The molecule has 0 aromatic carbocycles. The SMILES string of the molecule is CC(C)c1cc(C(C)N2CC(F)C2)nc(C2CC2)n1. The van der Waals surface area contributed by atoms with Crippen LogP contribution in [0, 0.1) is 0 Å². The van der Waals surface area contributed by atoms with Crippen molar-refractivity contribution in [3.63, 3.8) is 0 Å². The zero-order valence-electron chi connectivity index (χ0n) is 11.9. The van der Waals surface area contributed by atoms with E-state index in [1.54, 1.807) is 0 Å². The molecule has 1 aliphatic heterocycles. The summed E-state index contributed by atoms with van der Waals surface area (Å²) < 4.78 is 13.0. The molecular formula is C15H22FN3. The molecule has 0 radical (unpaired) electrons. The summed E-state index contributed by atoms with van der Waals surface area (Å²) in [5.74, 6) is 1.98. The van der Waals surface area contributed by atoms with Crippen molar-refractivity contribution < 1.29 is 4.39 Å². The molecule has 2 fully saturated rings. The van der Waals surface area contributed by atoms with Gasteiger partial charge in [0, 0.05) is 30.7 Å². The van der Waals surface area contributed by atoms with Crippen LogP contribution in [0.25, 0.3) is 0 Å². The molecule has 1 aromatic heterocycles. The van der Waals surface area contributed by atoms with Crippen molar-refractivity contribution in [3.05, 3.63) is 23.3 Å². The molecule has 0 amide bonds. The van der Waals surface area contributed by atoms with Crippen molar-refractivity contribution in [2.45, 2.75) is 57.7 Å². The summed E-state index contributed by atoms with van der Waals surface area (Å²) >= 11 is 0. The maximum atomic E-state index is 13.0. The molecule has 104 valence electrons.